The van der Waals surface area contributed by atoms with E-state index < -0.39 is 0 Å². The van der Waals surface area contributed by atoms with Gasteiger partial charge in [-0.1, -0.05) is 33.8 Å². The number of hydrogen-bond acceptors (Lipinski definition) is 9. The average molecular weight is 761 g/mol. The predicted molar refractivity (Wildman–Crippen MR) is 187 cm³/mol. The van der Waals surface area contributed by atoms with Crippen LogP contribution in [0.25, 0.3) is 0 Å². The molecule has 1 saturated carbocycles. The van der Waals surface area contributed by atoms with Gasteiger partial charge in [-0.3, -0.25) is 14.6 Å². The van der Waals surface area contributed by atoms with Crippen LogP contribution in [0.2, 0.25) is 10.2 Å². The molecule has 2 saturated heterocycles. The molecule has 2 aliphatic heterocycles. The van der Waals surface area contributed by atoms with Crippen LogP contribution in [-0.2, 0) is 6.54 Å². The van der Waals surface area contributed by atoms with Crippen molar-refractivity contribution in [2.45, 2.75) is 63.2 Å². The number of benzene rings is 1. The molecule has 13 heteroatoms. The molecule has 0 bridgehead atoms. The number of amides is 1. The number of anilines is 2. The molecule has 242 valence electrons. The highest BCUT2D eigenvalue weighted by molar-refractivity contribution is 14.2. The molecule has 0 radical (unpaired) electrons. The van der Waals surface area contributed by atoms with Crippen molar-refractivity contribution in [1.29, 1.82) is 0 Å². The Balaban J connectivity index is 1.24. The lowest BCUT2D eigenvalue weighted by atomic mass is 9.97. The fraction of sp³-hybridized carbons (Fsp3) is 0.613. The number of nitrogens with one attached hydrogen (secondary N) is 2. The predicted octanol–water partition coefficient (Wildman–Crippen LogP) is 4.43. The molecular weight excluding hydrogens is 716 g/mol. The average Bonchev–Trinajstić information content (AvgIpc) is 3.85. The number of aromatic nitrogens is 2. The van der Waals surface area contributed by atoms with E-state index >= 15 is 0 Å². The molecule has 1 aromatic heterocycles. The number of carbonyl (C=O) groups is 1. The number of piperazine rings is 1. The van der Waals surface area contributed by atoms with Crippen molar-refractivity contribution in [1.82, 2.24) is 25.1 Å². The standard InChI is InChI=1S/C31H44Cl2IN7O3/c1-34-11-3-4-25-20-40(30-28(33)37-27(29(35-2)38-30)31(43)36-23-7-8-23)14-15-41(25)24-9-12-39(13-10-24)19-21-5-6-22(32)18-26(21)44-17-16-42/h5-6,18,23-25,42H,1,3-4,7-17,19-20H2,2H3,(H,35,38)(H,36,43)/t25-/m0/s1. The van der Waals surface area contributed by atoms with Gasteiger partial charge in [0.05, 0.1) is 6.61 Å². The van der Waals surface area contributed by atoms with E-state index in [4.69, 9.17) is 32.9 Å². The van der Waals surface area contributed by atoms with Gasteiger partial charge in [-0.15, -0.1) is 20.7 Å². The van der Waals surface area contributed by atoms with Gasteiger partial charge in [0.25, 0.3) is 5.91 Å². The van der Waals surface area contributed by atoms with Gasteiger partial charge in [0.2, 0.25) is 0 Å². The number of halogens is 3. The summed E-state index contributed by atoms with van der Waals surface area (Å²) >= 11 is 12.9. The fourth-order valence-electron chi connectivity index (χ4n) is 6.23. The van der Waals surface area contributed by atoms with Gasteiger partial charge >= 0.3 is 0 Å². The smallest absolute Gasteiger partial charge is 0.274 e. The Morgan fingerprint density at radius 2 is 1.95 bits per heavy atom. The van der Waals surface area contributed by atoms with Crippen molar-refractivity contribution in [2.75, 3.05) is 67.6 Å². The molecule has 1 atom stereocenters. The molecule has 44 heavy (non-hydrogen) atoms. The highest BCUT2D eigenvalue weighted by Crippen LogP contribution is 2.32. The molecule has 10 nitrogen and oxygen atoms in total. The van der Waals surface area contributed by atoms with Crippen LogP contribution < -0.4 is 20.3 Å². The zero-order valence-electron chi connectivity index (χ0n) is 25.4. The van der Waals surface area contributed by atoms with Crippen molar-refractivity contribution in [3.63, 3.8) is 0 Å². The molecular formula is C31H44Cl2IN7O3. The number of carbonyl (C=O) groups excluding carboxylic acids is 1. The number of aliphatic hydroxyl groups is 1. The van der Waals surface area contributed by atoms with E-state index in [2.05, 4.69) is 34.8 Å². The maximum absolute atomic E-state index is 12.8. The van der Waals surface area contributed by atoms with Crippen LogP contribution in [0.1, 0.15) is 54.6 Å². The number of hydrogen-bond donors (Lipinski definition) is 3. The summed E-state index contributed by atoms with van der Waals surface area (Å²) in [4.78, 5) is 29.6. The second-order valence-corrected chi connectivity index (χ2v) is 14.7. The minimum Gasteiger partial charge on any atom is -0.491 e. The Bertz CT molecular complexity index is 1290. The van der Waals surface area contributed by atoms with Crippen molar-refractivity contribution < 1.29 is 14.6 Å². The quantitative estimate of drug-likeness (QED) is 0.147. The lowest BCUT2D eigenvalue weighted by molar-refractivity contribution is 0.0588. The van der Waals surface area contributed by atoms with E-state index in [0.29, 0.717) is 28.7 Å². The third kappa shape index (κ3) is 8.73. The first-order chi connectivity index (χ1) is 21.4. The Labute approximate surface area is 280 Å². The highest BCUT2D eigenvalue weighted by atomic mass is 127. The Morgan fingerprint density at radius 1 is 1.16 bits per heavy atom. The first-order valence-corrected chi connectivity index (χ1v) is 19.3. The normalized spacial score (nSPS) is 20.1. The summed E-state index contributed by atoms with van der Waals surface area (Å²) in [7, 11) is 1.76. The van der Waals surface area contributed by atoms with E-state index in [9.17, 15) is 9.90 Å². The van der Waals surface area contributed by atoms with E-state index in [1.807, 2.05) is 18.2 Å². The summed E-state index contributed by atoms with van der Waals surface area (Å²) in [5.74, 6) is 1.62. The zero-order valence-corrected chi connectivity index (χ0v) is 29.1. The van der Waals surface area contributed by atoms with Gasteiger partial charge in [0.15, 0.2) is 22.5 Å². The molecule has 0 spiro atoms. The number of rotatable bonds is 14. The molecule has 3 aliphatic rings. The summed E-state index contributed by atoms with van der Waals surface area (Å²) < 4.78 is 11.2. The minimum atomic E-state index is -0.228. The largest absolute Gasteiger partial charge is 0.491 e. The maximum atomic E-state index is 12.8. The fourth-order valence-corrected chi connectivity index (χ4v) is 7.62. The van der Waals surface area contributed by atoms with Gasteiger partial charge < -0.3 is 25.4 Å². The van der Waals surface area contributed by atoms with Crippen LogP contribution in [0.15, 0.2) is 18.2 Å². The molecule has 3 N–H and O–H groups in total. The minimum absolute atomic E-state index is 0.0168. The summed E-state index contributed by atoms with van der Waals surface area (Å²) in [5.41, 5.74) is 1.35. The summed E-state index contributed by atoms with van der Waals surface area (Å²) in [6.45, 7) is 5.62. The topological polar surface area (TPSA) is 106 Å². The van der Waals surface area contributed by atoms with E-state index in [1.165, 1.54) is 10.8 Å². The van der Waals surface area contributed by atoms with E-state index in [0.717, 1.165) is 82.7 Å². The highest BCUT2D eigenvalue weighted by Gasteiger charge is 2.35. The van der Waals surface area contributed by atoms with Crippen LogP contribution in [0, 0.1) is 0 Å². The first-order valence-electron chi connectivity index (χ1n) is 15.5. The second kappa shape index (κ2) is 16.2. The zero-order chi connectivity index (χ0) is 31.1. The van der Waals surface area contributed by atoms with Gasteiger partial charge in [-0.2, -0.15) is 0 Å². The van der Waals surface area contributed by atoms with Crippen molar-refractivity contribution >= 4 is 66.0 Å². The number of nitrogens with zero attached hydrogens (tertiary/aromatic N) is 5. The SMILES string of the molecule is C=ICCC[C@H]1CN(c2nc(NC)c(C(=O)NC3CC3)nc2Cl)CCN1C1CCN(Cc2ccc(Cl)cc2OCCO)CC1. The number of alkyl halides is 1. The molecule has 1 aromatic carbocycles. The molecule has 5 rings (SSSR count). The van der Waals surface area contributed by atoms with Gasteiger partial charge in [-0.25, -0.2) is 9.97 Å². The Kier molecular flexibility index (Phi) is 12.3. The summed E-state index contributed by atoms with van der Waals surface area (Å²) in [6.07, 6.45) is 6.52. The molecule has 3 heterocycles. The third-order valence-electron chi connectivity index (χ3n) is 8.63. The number of aliphatic hydroxyl groups excluding tert-OH is 1. The van der Waals surface area contributed by atoms with Gasteiger partial charge in [-0.05, 0) is 68.2 Å². The van der Waals surface area contributed by atoms with Crippen LogP contribution in [0.4, 0.5) is 11.6 Å². The van der Waals surface area contributed by atoms with E-state index in [-0.39, 0.29) is 56.7 Å². The third-order valence-corrected chi connectivity index (χ3v) is 10.6. The summed E-state index contributed by atoms with van der Waals surface area (Å²) in [5, 5.41) is 16.2. The van der Waals surface area contributed by atoms with Crippen LogP contribution in [0.5, 0.6) is 5.75 Å². The molecule has 1 amide bonds. The van der Waals surface area contributed by atoms with Crippen LogP contribution >= 0.6 is 43.9 Å². The first kappa shape index (κ1) is 33.6. The van der Waals surface area contributed by atoms with Crippen LogP contribution in [-0.4, -0.2) is 111 Å². The molecule has 0 unspecified atom stereocenters. The second-order valence-electron chi connectivity index (χ2n) is 11.7. The van der Waals surface area contributed by atoms with E-state index in [1.54, 1.807) is 7.05 Å². The van der Waals surface area contributed by atoms with Crippen molar-refractivity contribution in [3.8, 4) is 5.75 Å². The number of likely N-dealkylation sites (tertiary alicyclic amines) is 1. The maximum Gasteiger partial charge on any atom is 0.274 e. The molecule has 2 aromatic rings. The Hall–Kier alpha value is -1.77. The lowest BCUT2D eigenvalue weighted by Gasteiger charge is -2.48. The summed E-state index contributed by atoms with van der Waals surface area (Å²) in [6, 6.07) is 6.91. The van der Waals surface area contributed by atoms with Crippen LogP contribution in [0.3, 0.4) is 0 Å². The molecule has 1 aliphatic carbocycles. The number of ether oxygens (including phenoxy) is 1. The van der Waals surface area contributed by atoms with Crippen molar-refractivity contribution in [3.05, 3.63) is 39.6 Å². The number of piperidine rings is 1. The molecule has 3 fully saturated rings. The van der Waals surface area contributed by atoms with Crippen molar-refractivity contribution in [2.24, 2.45) is 0 Å². The Morgan fingerprint density at radius 3 is 2.66 bits per heavy atom. The monoisotopic (exact) mass is 759 g/mol. The van der Waals surface area contributed by atoms with Gasteiger partial charge in [0.1, 0.15) is 12.4 Å². The lowest BCUT2D eigenvalue weighted by Crippen LogP contribution is -2.58. The van der Waals surface area contributed by atoms with Gasteiger partial charge in [0, 0.05) is 61.9 Å².